The van der Waals surface area contributed by atoms with Crippen molar-refractivity contribution in [3.05, 3.63) is 64.4 Å². The quantitative estimate of drug-likeness (QED) is 0.847. The Hall–Kier alpha value is -2.11. The van der Waals surface area contributed by atoms with E-state index in [1.165, 1.54) is 23.1 Å². The molecule has 2 atom stereocenters. The Morgan fingerprint density at radius 3 is 2.78 bits per heavy atom. The minimum atomic E-state index is -0.854. The van der Waals surface area contributed by atoms with E-state index in [0.717, 1.165) is 5.56 Å². The Morgan fingerprint density at radius 1 is 1.30 bits per heavy atom. The lowest BCUT2D eigenvalue weighted by Gasteiger charge is -2.36. The summed E-state index contributed by atoms with van der Waals surface area (Å²) in [6.45, 7) is 4.66. The van der Waals surface area contributed by atoms with Crippen molar-refractivity contribution < 1.29 is 19.0 Å². The van der Waals surface area contributed by atoms with Gasteiger partial charge in [-0.3, -0.25) is 4.79 Å². The van der Waals surface area contributed by atoms with Gasteiger partial charge in [0.25, 0.3) is 5.91 Å². The van der Waals surface area contributed by atoms with E-state index in [4.69, 9.17) is 16.3 Å². The van der Waals surface area contributed by atoms with Gasteiger partial charge in [0.2, 0.25) is 0 Å². The van der Waals surface area contributed by atoms with E-state index in [9.17, 15) is 14.3 Å². The third-order valence-electron chi connectivity index (χ3n) is 4.78. The van der Waals surface area contributed by atoms with Crippen molar-refractivity contribution in [2.24, 2.45) is 0 Å². The molecule has 1 saturated heterocycles. The van der Waals surface area contributed by atoms with E-state index in [1.54, 1.807) is 0 Å². The number of rotatable bonds is 4. The van der Waals surface area contributed by atoms with Crippen LogP contribution in [0.25, 0.3) is 0 Å². The summed E-state index contributed by atoms with van der Waals surface area (Å²) in [4.78, 5) is 14.0. The van der Waals surface area contributed by atoms with Gasteiger partial charge < -0.3 is 14.7 Å². The molecule has 27 heavy (non-hydrogen) atoms. The molecule has 0 saturated carbocycles. The Bertz CT molecular complexity index is 827. The molecule has 144 valence electrons. The van der Waals surface area contributed by atoms with E-state index < -0.39 is 23.9 Å². The molecule has 1 heterocycles. The van der Waals surface area contributed by atoms with Gasteiger partial charge in [-0.2, -0.15) is 0 Å². The van der Waals surface area contributed by atoms with Gasteiger partial charge in [0, 0.05) is 18.0 Å². The van der Waals surface area contributed by atoms with Crippen LogP contribution < -0.4 is 4.74 Å². The summed E-state index contributed by atoms with van der Waals surface area (Å²) < 4.78 is 19.9. The van der Waals surface area contributed by atoms with Crippen molar-refractivity contribution in [1.82, 2.24) is 4.90 Å². The zero-order chi connectivity index (χ0) is 19.6. The number of likely N-dealkylation sites (tertiary alicyclic amines) is 1. The topological polar surface area (TPSA) is 49.8 Å². The summed E-state index contributed by atoms with van der Waals surface area (Å²) in [5.74, 6) is -0.0199. The van der Waals surface area contributed by atoms with Gasteiger partial charge in [-0.15, -0.1) is 0 Å². The third kappa shape index (κ3) is 4.60. The summed E-state index contributed by atoms with van der Waals surface area (Å²) in [5, 5.41) is 10.8. The second-order valence-corrected chi connectivity index (χ2v) is 7.55. The molecule has 0 aliphatic carbocycles. The Balaban J connectivity index is 1.66. The van der Waals surface area contributed by atoms with Crippen molar-refractivity contribution in [1.29, 1.82) is 0 Å². The molecule has 1 amide bonds. The smallest absolute Gasteiger partial charge is 0.256 e. The van der Waals surface area contributed by atoms with Crippen LogP contribution in [0.4, 0.5) is 4.39 Å². The molecular formula is C21H23ClFNO3. The molecule has 2 aromatic carbocycles. The number of carbonyl (C=O) groups is 1. The minimum Gasteiger partial charge on any atom is -0.488 e. The van der Waals surface area contributed by atoms with E-state index >= 15 is 0 Å². The SMILES string of the molecule is CC(C)c1cccc(O[C@@H]2CCN(C(=O)c3cc(Cl)ccc3F)C[C@H]2O)c1. The third-order valence-corrected chi connectivity index (χ3v) is 5.01. The molecular weight excluding hydrogens is 369 g/mol. The maximum Gasteiger partial charge on any atom is 0.256 e. The number of β-amino-alcohol motifs (C(OH)–C–C–N with tert-alkyl or cyclic N) is 1. The molecule has 0 radical (unpaired) electrons. The fourth-order valence-electron chi connectivity index (χ4n) is 3.19. The monoisotopic (exact) mass is 391 g/mol. The first-order valence-electron chi connectivity index (χ1n) is 9.04. The summed E-state index contributed by atoms with van der Waals surface area (Å²) >= 11 is 5.87. The molecule has 1 aliphatic rings. The number of nitrogens with zero attached hydrogens (tertiary/aromatic N) is 1. The number of hydrogen-bond acceptors (Lipinski definition) is 3. The van der Waals surface area contributed by atoms with E-state index in [1.807, 2.05) is 24.3 Å². The number of piperidine rings is 1. The van der Waals surface area contributed by atoms with Crippen LogP contribution in [-0.4, -0.2) is 41.2 Å². The molecule has 1 fully saturated rings. The van der Waals surface area contributed by atoms with E-state index in [-0.39, 0.29) is 12.1 Å². The van der Waals surface area contributed by atoms with Gasteiger partial charge in [0.05, 0.1) is 12.1 Å². The number of carbonyl (C=O) groups excluding carboxylic acids is 1. The number of amides is 1. The van der Waals surface area contributed by atoms with Crippen LogP contribution in [0.3, 0.4) is 0 Å². The molecule has 2 aromatic rings. The largest absolute Gasteiger partial charge is 0.488 e. The van der Waals surface area contributed by atoms with Crippen molar-refractivity contribution in [2.45, 2.75) is 38.4 Å². The highest BCUT2D eigenvalue weighted by molar-refractivity contribution is 6.31. The van der Waals surface area contributed by atoms with Crippen LogP contribution in [0, 0.1) is 5.82 Å². The molecule has 1 N–H and O–H groups in total. The van der Waals surface area contributed by atoms with E-state index in [2.05, 4.69) is 13.8 Å². The minimum absolute atomic E-state index is 0.0827. The maximum absolute atomic E-state index is 13.9. The van der Waals surface area contributed by atoms with Gasteiger partial charge in [-0.25, -0.2) is 4.39 Å². The lowest BCUT2D eigenvalue weighted by molar-refractivity contribution is -0.0200. The first kappa shape index (κ1) is 19.6. The lowest BCUT2D eigenvalue weighted by atomic mass is 10.0. The number of halogens is 2. The van der Waals surface area contributed by atoms with E-state index in [0.29, 0.717) is 29.7 Å². The standard InChI is InChI=1S/C21H23ClFNO3/c1-13(2)14-4-3-5-16(10-14)27-20-8-9-24(12-19(20)25)21(26)17-11-15(22)6-7-18(17)23/h3-7,10-11,13,19-20,25H,8-9,12H2,1-2H3/t19-,20-/m1/s1. The zero-order valence-corrected chi connectivity index (χ0v) is 16.1. The van der Waals surface area contributed by atoms with Gasteiger partial charge in [-0.1, -0.05) is 37.6 Å². The first-order chi connectivity index (χ1) is 12.8. The predicted molar refractivity (Wildman–Crippen MR) is 103 cm³/mol. The average Bonchev–Trinajstić information content (AvgIpc) is 2.65. The van der Waals surface area contributed by atoms with Gasteiger partial charge in [-0.05, 0) is 41.8 Å². The Morgan fingerprint density at radius 2 is 2.07 bits per heavy atom. The molecule has 3 rings (SSSR count). The molecule has 6 heteroatoms. The second-order valence-electron chi connectivity index (χ2n) is 7.11. The fourth-order valence-corrected chi connectivity index (χ4v) is 3.36. The van der Waals surface area contributed by atoms with Crippen molar-refractivity contribution in [2.75, 3.05) is 13.1 Å². The Labute approximate surface area is 163 Å². The summed E-state index contributed by atoms with van der Waals surface area (Å²) in [6.07, 6.45) is -0.811. The number of hydrogen-bond donors (Lipinski definition) is 1. The summed E-state index contributed by atoms with van der Waals surface area (Å²) in [6, 6.07) is 11.7. The van der Waals surface area contributed by atoms with Gasteiger partial charge in [0.1, 0.15) is 23.8 Å². The highest BCUT2D eigenvalue weighted by atomic mass is 35.5. The highest BCUT2D eigenvalue weighted by Gasteiger charge is 2.33. The molecule has 0 bridgehead atoms. The zero-order valence-electron chi connectivity index (χ0n) is 15.4. The molecule has 0 spiro atoms. The number of benzene rings is 2. The first-order valence-corrected chi connectivity index (χ1v) is 9.42. The molecule has 1 aliphatic heterocycles. The van der Waals surface area contributed by atoms with Crippen molar-refractivity contribution in [3.8, 4) is 5.75 Å². The normalized spacial score (nSPS) is 20.0. The van der Waals surface area contributed by atoms with Crippen LogP contribution in [0.5, 0.6) is 5.75 Å². The van der Waals surface area contributed by atoms with Crippen LogP contribution in [0.15, 0.2) is 42.5 Å². The Kier molecular flexibility index (Phi) is 6.02. The van der Waals surface area contributed by atoms with Gasteiger partial charge >= 0.3 is 0 Å². The van der Waals surface area contributed by atoms with Crippen LogP contribution in [0.1, 0.15) is 42.1 Å². The summed E-state index contributed by atoms with van der Waals surface area (Å²) in [5.41, 5.74) is 1.07. The molecule has 0 unspecified atom stereocenters. The van der Waals surface area contributed by atoms with Crippen LogP contribution in [-0.2, 0) is 0 Å². The maximum atomic E-state index is 13.9. The van der Waals surface area contributed by atoms with Crippen molar-refractivity contribution in [3.63, 3.8) is 0 Å². The number of aliphatic hydroxyl groups is 1. The number of ether oxygens (including phenoxy) is 1. The van der Waals surface area contributed by atoms with Crippen LogP contribution >= 0.6 is 11.6 Å². The summed E-state index contributed by atoms with van der Waals surface area (Å²) in [7, 11) is 0. The van der Waals surface area contributed by atoms with Crippen molar-refractivity contribution >= 4 is 17.5 Å². The molecule has 4 nitrogen and oxygen atoms in total. The predicted octanol–water partition coefficient (Wildman–Crippen LogP) is 4.26. The lowest BCUT2D eigenvalue weighted by Crippen LogP contribution is -2.51. The van der Waals surface area contributed by atoms with Gasteiger partial charge in [0.15, 0.2) is 0 Å². The number of aliphatic hydroxyl groups excluding tert-OH is 1. The molecule has 0 aromatic heterocycles. The second kappa shape index (κ2) is 8.28. The van der Waals surface area contributed by atoms with Crippen LogP contribution in [0.2, 0.25) is 5.02 Å². The average molecular weight is 392 g/mol. The highest BCUT2D eigenvalue weighted by Crippen LogP contribution is 2.25. The fraction of sp³-hybridized carbons (Fsp3) is 0.381.